The number of carbonyl (C=O) groups excluding carboxylic acids is 1. The number of para-hydroxylation sites is 1. The molecule has 0 saturated carbocycles. The second-order valence-corrected chi connectivity index (χ2v) is 3.56. The summed E-state index contributed by atoms with van der Waals surface area (Å²) in [6.07, 6.45) is 0.113. The highest BCUT2D eigenvalue weighted by molar-refractivity contribution is 5.89. The molecule has 0 radical (unpaired) electrons. The van der Waals surface area contributed by atoms with Crippen LogP contribution in [0.3, 0.4) is 0 Å². The summed E-state index contributed by atoms with van der Waals surface area (Å²) in [4.78, 5) is 11.2. The Bertz CT molecular complexity index is 372. The van der Waals surface area contributed by atoms with Crippen LogP contribution in [0.25, 0.3) is 0 Å². The molecule has 0 aliphatic carbocycles. The van der Waals surface area contributed by atoms with Crippen LogP contribution >= 0.6 is 0 Å². The maximum atomic E-state index is 11.2. The lowest BCUT2D eigenvalue weighted by atomic mass is 10.1. The standard InChI is InChI=1S/C13H16O4/c1-2-6-10(14)9-12(15)13(16)17-11-7-4-3-5-8-11/h2-8,12-13,15-16H,9H2,1H3. The topological polar surface area (TPSA) is 66.8 Å². The molecule has 1 aromatic rings. The highest BCUT2D eigenvalue weighted by atomic mass is 16.6. The predicted octanol–water partition coefficient (Wildman–Crippen LogP) is 1.28. The molecular weight excluding hydrogens is 220 g/mol. The molecule has 2 unspecified atom stereocenters. The summed E-state index contributed by atoms with van der Waals surface area (Å²) < 4.78 is 5.08. The van der Waals surface area contributed by atoms with Crippen LogP contribution in [0.1, 0.15) is 13.3 Å². The van der Waals surface area contributed by atoms with Crippen molar-refractivity contribution in [2.24, 2.45) is 0 Å². The van der Waals surface area contributed by atoms with Gasteiger partial charge < -0.3 is 14.9 Å². The Labute approximate surface area is 100 Å². The summed E-state index contributed by atoms with van der Waals surface area (Å²) >= 11 is 0. The minimum atomic E-state index is -1.41. The quantitative estimate of drug-likeness (QED) is 0.576. The van der Waals surface area contributed by atoms with E-state index in [9.17, 15) is 15.0 Å². The van der Waals surface area contributed by atoms with Crippen molar-refractivity contribution in [3.63, 3.8) is 0 Å². The van der Waals surface area contributed by atoms with E-state index in [0.29, 0.717) is 5.75 Å². The van der Waals surface area contributed by atoms with Gasteiger partial charge in [0.15, 0.2) is 5.78 Å². The molecule has 0 aliphatic rings. The van der Waals surface area contributed by atoms with E-state index in [2.05, 4.69) is 0 Å². The van der Waals surface area contributed by atoms with Crippen molar-refractivity contribution in [1.29, 1.82) is 0 Å². The summed E-state index contributed by atoms with van der Waals surface area (Å²) in [5, 5.41) is 19.1. The second-order valence-electron chi connectivity index (χ2n) is 3.56. The normalized spacial score (nSPS) is 14.5. The minimum absolute atomic E-state index is 0.168. The van der Waals surface area contributed by atoms with Gasteiger partial charge in [0, 0.05) is 6.42 Å². The highest BCUT2D eigenvalue weighted by Crippen LogP contribution is 2.12. The lowest BCUT2D eigenvalue weighted by Gasteiger charge is -2.18. The van der Waals surface area contributed by atoms with Gasteiger partial charge in [-0.05, 0) is 25.1 Å². The first kappa shape index (κ1) is 13.4. The van der Waals surface area contributed by atoms with Crippen molar-refractivity contribution in [3.05, 3.63) is 42.5 Å². The van der Waals surface area contributed by atoms with E-state index in [1.54, 1.807) is 37.3 Å². The molecule has 0 heterocycles. The van der Waals surface area contributed by atoms with Crippen LogP contribution in [-0.2, 0) is 4.79 Å². The third kappa shape index (κ3) is 4.80. The SMILES string of the molecule is CC=CC(=O)CC(O)C(O)Oc1ccccc1. The molecular formula is C13H16O4. The molecule has 0 fully saturated rings. The number of hydrogen-bond acceptors (Lipinski definition) is 4. The molecule has 0 amide bonds. The maximum absolute atomic E-state index is 11.2. The van der Waals surface area contributed by atoms with Crippen molar-refractivity contribution < 1.29 is 19.7 Å². The zero-order chi connectivity index (χ0) is 12.7. The Kier molecular flexibility index (Phi) is 5.39. The molecule has 0 aliphatic heterocycles. The van der Waals surface area contributed by atoms with Crippen molar-refractivity contribution >= 4 is 5.78 Å². The number of ether oxygens (including phenoxy) is 1. The second kappa shape index (κ2) is 6.83. The van der Waals surface area contributed by atoms with Gasteiger partial charge in [-0.1, -0.05) is 24.3 Å². The third-order valence-electron chi connectivity index (χ3n) is 2.09. The van der Waals surface area contributed by atoms with E-state index >= 15 is 0 Å². The fraction of sp³-hybridized carbons (Fsp3) is 0.308. The molecule has 2 atom stereocenters. The van der Waals surface area contributed by atoms with Crippen molar-refractivity contribution in [2.75, 3.05) is 0 Å². The van der Waals surface area contributed by atoms with E-state index in [4.69, 9.17) is 4.74 Å². The zero-order valence-corrected chi connectivity index (χ0v) is 9.61. The van der Waals surface area contributed by atoms with Gasteiger partial charge in [0.1, 0.15) is 11.9 Å². The monoisotopic (exact) mass is 236 g/mol. The van der Waals surface area contributed by atoms with Crippen molar-refractivity contribution in [2.45, 2.75) is 25.7 Å². The lowest BCUT2D eigenvalue weighted by molar-refractivity contribution is -0.129. The van der Waals surface area contributed by atoms with Gasteiger partial charge >= 0.3 is 0 Å². The number of ketones is 1. The Morgan fingerprint density at radius 2 is 2.00 bits per heavy atom. The van der Waals surface area contributed by atoms with E-state index in [1.165, 1.54) is 6.08 Å². The van der Waals surface area contributed by atoms with Gasteiger partial charge in [0.25, 0.3) is 0 Å². The Balaban J connectivity index is 2.47. The van der Waals surface area contributed by atoms with Crippen LogP contribution in [0.4, 0.5) is 0 Å². The number of benzene rings is 1. The van der Waals surface area contributed by atoms with Crippen LogP contribution in [-0.4, -0.2) is 28.4 Å². The van der Waals surface area contributed by atoms with Gasteiger partial charge in [-0.25, -0.2) is 0 Å². The van der Waals surface area contributed by atoms with Crippen LogP contribution in [0.2, 0.25) is 0 Å². The largest absolute Gasteiger partial charge is 0.462 e. The average molecular weight is 236 g/mol. The molecule has 17 heavy (non-hydrogen) atoms. The fourth-order valence-electron chi connectivity index (χ4n) is 1.28. The molecule has 0 aromatic heterocycles. The van der Waals surface area contributed by atoms with Gasteiger partial charge in [-0.3, -0.25) is 4.79 Å². The summed E-state index contributed by atoms with van der Waals surface area (Å²) in [5.41, 5.74) is 0. The fourth-order valence-corrected chi connectivity index (χ4v) is 1.28. The average Bonchev–Trinajstić information content (AvgIpc) is 2.30. The summed E-state index contributed by atoms with van der Waals surface area (Å²) in [6, 6.07) is 8.62. The predicted molar refractivity (Wildman–Crippen MR) is 63.5 cm³/mol. The molecule has 2 N–H and O–H groups in total. The number of hydrogen-bond donors (Lipinski definition) is 2. The van der Waals surface area contributed by atoms with E-state index in [-0.39, 0.29) is 12.2 Å². The first-order valence-corrected chi connectivity index (χ1v) is 5.37. The Morgan fingerprint density at radius 1 is 1.35 bits per heavy atom. The van der Waals surface area contributed by atoms with Gasteiger partial charge in [-0.2, -0.15) is 0 Å². The van der Waals surface area contributed by atoms with E-state index in [1.807, 2.05) is 6.07 Å². The number of allylic oxidation sites excluding steroid dienone is 2. The molecule has 1 rings (SSSR count). The molecule has 1 aromatic carbocycles. The molecule has 92 valence electrons. The minimum Gasteiger partial charge on any atom is -0.462 e. The van der Waals surface area contributed by atoms with Crippen molar-refractivity contribution in [3.8, 4) is 5.75 Å². The Hall–Kier alpha value is -1.65. The van der Waals surface area contributed by atoms with Crippen molar-refractivity contribution in [1.82, 2.24) is 0 Å². The maximum Gasteiger partial charge on any atom is 0.224 e. The number of carbonyl (C=O) groups is 1. The summed E-state index contributed by atoms with van der Waals surface area (Å²) in [5.74, 6) is 0.188. The van der Waals surface area contributed by atoms with E-state index in [0.717, 1.165) is 0 Å². The first-order chi connectivity index (χ1) is 8.13. The summed E-state index contributed by atoms with van der Waals surface area (Å²) in [6.45, 7) is 1.71. The number of rotatable bonds is 6. The molecule has 4 nitrogen and oxygen atoms in total. The van der Waals surface area contributed by atoms with Crippen LogP contribution in [0, 0.1) is 0 Å². The lowest BCUT2D eigenvalue weighted by Crippen LogP contribution is -2.33. The van der Waals surface area contributed by atoms with Gasteiger partial charge in [0.05, 0.1) is 0 Å². The molecule has 4 heteroatoms. The van der Waals surface area contributed by atoms with E-state index < -0.39 is 12.4 Å². The molecule has 0 spiro atoms. The van der Waals surface area contributed by atoms with Gasteiger partial charge in [-0.15, -0.1) is 0 Å². The highest BCUT2D eigenvalue weighted by Gasteiger charge is 2.20. The van der Waals surface area contributed by atoms with Crippen LogP contribution < -0.4 is 4.74 Å². The molecule has 0 bridgehead atoms. The summed E-state index contributed by atoms with van der Waals surface area (Å²) in [7, 11) is 0. The van der Waals surface area contributed by atoms with Crippen LogP contribution in [0.15, 0.2) is 42.5 Å². The number of aliphatic hydroxyl groups excluding tert-OH is 2. The zero-order valence-electron chi connectivity index (χ0n) is 9.61. The van der Waals surface area contributed by atoms with Gasteiger partial charge in [0.2, 0.25) is 6.29 Å². The first-order valence-electron chi connectivity index (χ1n) is 5.37. The third-order valence-corrected chi connectivity index (χ3v) is 2.09. The molecule has 0 saturated heterocycles. The number of aliphatic hydroxyl groups is 2. The Morgan fingerprint density at radius 3 is 2.59 bits per heavy atom. The van der Waals surface area contributed by atoms with Crippen LogP contribution in [0.5, 0.6) is 5.75 Å². The smallest absolute Gasteiger partial charge is 0.224 e.